The fourth-order valence-electron chi connectivity index (χ4n) is 3.20. The first-order valence-electron chi connectivity index (χ1n) is 9.83. The molecule has 144 valence electrons. The topological polar surface area (TPSA) is 18.5 Å². The zero-order valence-corrected chi connectivity index (χ0v) is 18.3. The summed E-state index contributed by atoms with van der Waals surface area (Å²) in [6.45, 7) is 17.1. The van der Waals surface area contributed by atoms with Crippen LogP contribution in [0.15, 0.2) is 55.1 Å². The van der Waals surface area contributed by atoms with Gasteiger partial charge in [-0.2, -0.15) is 0 Å². The van der Waals surface area contributed by atoms with Gasteiger partial charge in [-0.3, -0.25) is 0 Å². The second-order valence-electron chi connectivity index (χ2n) is 8.92. The van der Waals surface area contributed by atoms with Crippen LogP contribution in [0.4, 0.5) is 0 Å². The van der Waals surface area contributed by atoms with Gasteiger partial charge in [-0.25, -0.2) is 0 Å². The van der Waals surface area contributed by atoms with Crippen molar-refractivity contribution < 1.29 is 9.16 Å². The van der Waals surface area contributed by atoms with Gasteiger partial charge in [0.05, 0.1) is 6.61 Å². The van der Waals surface area contributed by atoms with Crippen molar-refractivity contribution in [2.45, 2.75) is 70.4 Å². The van der Waals surface area contributed by atoms with Gasteiger partial charge in [-0.15, -0.1) is 0 Å². The average molecular weight is 373 g/mol. The van der Waals surface area contributed by atoms with Gasteiger partial charge < -0.3 is 9.16 Å². The molecule has 0 bridgehead atoms. The first-order valence-corrected chi connectivity index (χ1v) is 12.7. The van der Waals surface area contributed by atoms with Gasteiger partial charge >= 0.3 is 0 Å². The SMILES string of the molecule is C=C[C@@]1(OCc2ccccc2)C=CC[C@H]1CCCO[Si](C)(C)C(C)(C)C. The molecule has 0 saturated heterocycles. The second kappa shape index (κ2) is 8.68. The summed E-state index contributed by atoms with van der Waals surface area (Å²) in [5.41, 5.74) is 0.862. The maximum absolute atomic E-state index is 6.35. The third-order valence-corrected chi connectivity index (χ3v) is 10.6. The standard InChI is InChI=1S/C23H36O2Si/c1-7-23(24-19-20-13-9-8-10-14-20)17-11-15-21(23)16-12-18-25-26(5,6)22(2,3)4/h7-11,13-14,17,21H,1,12,15-16,18-19H2,2-6H3/t21-,23+/m0/s1. The zero-order chi connectivity index (χ0) is 19.3. The number of hydrogen-bond donors (Lipinski definition) is 0. The highest BCUT2D eigenvalue weighted by atomic mass is 28.4. The zero-order valence-electron chi connectivity index (χ0n) is 17.3. The van der Waals surface area contributed by atoms with Crippen LogP contribution in [-0.4, -0.2) is 20.5 Å². The Morgan fingerprint density at radius 2 is 1.92 bits per heavy atom. The minimum atomic E-state index is -1.65. The maximum atomic E-state index is 6.35. The minimum Gasteiger partial charge on any atom is -0.417 e. The highest BCUT2D eigenvalue weighted by Crippen LogP contribution is 2.39. The van der Waals surface area contributed by atoms with Gasteiger partial charge in [0, 0.05) is 6.61 Å². The third-order valence-electron chi connectivity index (χ3n) is 6.05. The van der Waals surface area contributed by atoms with Gasteiger partial charge in [-0.1, -0.05) is 75.9 Å². The van der Waals surface area contributed by atoms with Crippen LogP contribution in [0.1, 0.15) is 45.6 Å². The van der Waals surface area contributed by atoms with Gasteiger partial charge in [0.1, 0.15) is 5.60 Å². The molecular weight excluding hydrogens is 336 g/mol. The van der Waals surface area contributed by atoms with Crippen LogP contribution in [0.2, 0.25) is 18.1 Å². The summed E-state index contributed by atoms with van der Waals surface area (Å²) < 4.78 is 12.7. The first kappa shape index (κ1) is 21.1. The van der Waals surface area contributed by atoms with E-state index in [1.165, 1.54) is 5.56 Å². The summed E-state index contributed by atoms with van der Waals surface area (Å²) in [4.78, 5) is 0. The van der Waals surface area contributed by atoms with E-state index in [9.17, 15) is 0 Å². The van der Waals surface area contributed by atoms with Gasteiger partial charge in [0.2, 0.25) is 0 Å². The molecule has 0 unspecified atom stereocenters. The van der Waals surface area contributed by atoms with Crippen LogP contribution in [0.5, 0.6) is 0 Å². The second-order valence-corrected chi connectivity index (χ2v) is 13.7. The van der Waals surface area contributed by atoms with E-state index in [0.29, 0.717) is 12.5 Å². The van der Waals surface area contributed by atoms with Crippen LogP contribution in [0.3, 0.4) is 0 Å². The molecule has 0 saturated carbocycles. The Hall–Kier alpha value is -1.16. The first-order chi connectivity index (χ1) is 12.2. The Morgan fingerprint density at radius 3 is 2.54 bits per heavy atom. The van der Waals surface area contributed by atoms with Crippen molar-refractivity contribution in [2.75, 3.05) is 6.61 Å². The van der Waals surface area contributed by atoms with Crippen LogP contribution in [0, 0.1) is 5.92 Å². The molecule has 26 heavy (non-hydrogen) atoms. The molecule has 2 nitrogen and oxygen atoms in total. The average Bonchev–Trinajstić information content (AvgIpc) is 3.00. The predicted octanol–water partition coefficient (Wildman–Crippen LogP) is 6.51. The van der Waals surface area contributed by atoms with Crippen LogP contribution >= 0.6 is 0 Å². The number of ether oxygens (including phenoxy) is 1. The summed E-state index contributed by atoms with van der Waals surface area (Å²) in [5, 5.41) is 0.269. The van der Waals surface area contributed by atoms with Gasteiger partial charge in [0.15, 0.2) is 8.32 Å². The predicted molar refractivity (Wildman–Crippen MR) is 114 cm³/mol. The molecule has 0 aromatic heterocycles. The van der Waals surface area contributed by atoms with E-state index >= 15 is 0 Å². The van der Waals surface area contributed by atoms with Crippen molar-refractivity contribution in [2.24, 2.45) is 5.92 Å². The van der Waals surface area contributed by atoms with Crippen LogP contribution in [-0.2, 0) is 15.8 Å². The highest BCUT2D eigenvalue weighted by molar-refractivity contribution is 6.74. The molecule has 1 aromatic rings. The normalized spacial score (nSPS) is 23.3. The molecule has 1 aromatic carbocycles. The monoisotopic (exact) mass is 372 g/mol. The molecule has 0 amide bonds. The number of allylic oxidation sites excluding steroid dienone is 1. The number of hydrogen-bond acceptors (Lipinski definition) is 2. The Balaban J connectivity index is 1.87. The minimum absolute atomic E-state index is 0.269. The molecule has 0 N–H and O–H groups in total. The summed E-state index contributed by atoms with van der Waals surface area (Å²) in [6, 6.07) is 10.4. The Bertz CT molecular complexity index is 600. The van der Waals surface area contributed by atoms with E-state index in [0.717, 1.165) is 25.9 Å². The van der Waals surface area contributed by atoms with E-state index in [1.54, 1.807) is 0 Å². The molecule has 1 aliphatic carbocycles. The fourth-order valence-corrected chi connectivity index (χ4v) is 4.28. The van der Waals surface area contributed by atoms with Crippen molar-refractivity contribution in [3.05, 3.63) is 60.7 Å². The summed E-state index contributed by atoms with van der Waals surface area (Å²) in [5.74, 6) is 0.451. The van der Waals surface area contributed by atoms with Crippen molar-refractivity contribution in [3.8, 4) is 0 Å². The Morgan fingerprint density at radius 1 is 1.23 bits per heavy atom. The van der Waals surface area contributed by atoms with E-state index in [2.05, 4.69) is 76.9 Å². The largest absolute Gasteiger partial charge is 0.417 e. The molecule has 0 spiro atoms. The lowest BCUT2D eigenvalue weighted by Crippen LogP contribution is -2.41. The lowest BCUT2D eigenvalue weighted by molar-refractivity contribution is -0.0221. The summed E-state index contributed by atoms with van der Waals surface area (Å²) >= 11 is 0. The van der Waals surface area contributed by atoms with Gasteiger partial charge in [-0.05, 0) is 48.9 Å². The Labute approximate surface area is 161 Å². The smallest absolute Gasteiger partial charge is 0.191 e. The molecule has 0 fully saturated rings. The quantitative estimate of drug-likeness (QED) is 0.279. The van der Waals surface area contributed by atoms with E-state index in [1.807, 2.05) is 12.1 Å². The summed E-state index contributed by atoms with van der Waals surface area (Å²) in [7, 11) is -1.65. The van der Waals surface area contributed by atoms with Crippen LogP contribution < -0.4 is 0 Å². The molecule has 0 radical (unpaired) electrons. The fraction of sp³-hybridized carbons (Fsp3) is 0.565. The van der Waals surface area contributed by atoms with E-state index in [4.69, 9.17) is 9.16 Å². The molecule has 1 aliphatic rings. The van der Waals surface area contributed by atoms with E-state index < -0.39 is 8.32 Å². The highest BCUT2D eigenvalue weighted by Gasteiger charge is 2.39. The molecular formula is C23H36O2Si. The van der Waals surface area contributed by atoms with Crippen LogP contribution in [0.25, 0.3) is 0 Å². The lowest BCUT2D eigenvalue weighted by Gasteiger charge is -2.36. The molecule has 2 rings (SSSR count). The molecule has 0 aliphatic heterocycles. The third kappa shape index (κ3) is 5.18. The van der Waals surface area contributed by atoms with Crippen molar-refractivity contribution in [1.82, 2.24) is 0 Å². The van der Waals surface area contributed by atoms with E-state index in [-0.39, 0.29) is 10.6 Å². The molecule has 3 heteroatoms. The van der Waals surface area contributed by atoms with Crippen molar-refractivity contribution in [3.63, 3.8) is 0 Å². The number of benzene rings is 1. The van der Waals surface area contributed by atoms with Gasteiger partial charge in [0.25, 0.3) is 0 Å². The summed E-state index contributed by atoms with van der Waals surface area (Å²) in [6.07, 6.45) is 9.65. The Kier molecular flexibility index (Phi) is 7.06. The van der Waals surface area contributed by atoms with Crippen molar-refractivity contribution in [1.29, 1.82) is 0 Å². The molecule has 2 atom stereocenters. The van der Waals surface area contributed by atoms with Crippen molar-refractivity contribution >= 4 is 8.32 Å². The number of rotatable bonds is 9. The molecule has 0 heterocycles. The lowest BCUT2D eigenvalue weighted by atomic mass is 9.86. The maximum Gasteiger partial charge on any atom is 0.191 e.